The molecule has 1 aliphatic heterocycles. The van der Waals surface area contributed by atoms with Crippen LogP contribution in [0.15, 0.2) is 18.2 Å². The molecule has 1 heterocycles. The molecule has 1 saturated heterocycles. The Kier molecular flexibility index (Phi) is 7.47. The number of methoxy groups -OCH3 is 1. The lowest BCUT2D eigenvalue weighted by Gasteiger charge is -2.28. The molecule has 1 aromatic carbocycles. The number of benzene rings is 1. The molecule has 4 N–H and O–H groups in total. The van der Waals surface area contributed by atoms with Crippen LogP contribution >= 0.6 is 12.4 Å². The molecule has 0 aliphatic carbocycles. The van der Waals surface area contributed by atoms with E-state index in [1.807, 2.05) is 0 Å². The van der Waals surface area contributed by atoms with E-state index >= 15 is 0 Å². The maximum Gasteiger partial charge on any atom is 0.328 e. The number of imide groups is 1. The van der Waals surface area contributed by atoms with Crippen molar-refractivity contribution in [2.75, 3.05) is 30.4 Å². The van der Waals surface area contributed by atoms with E-state index in [4.69, 9.17) is 10.5 Å². The third kappa shape index (κ3) is 4.84. The maximum absolute atomic E-state index is 11.9. The number of amides is 4. The van der Waals surface area contributed by atoms with Crippen molar-refractivity contribution in [3.8, 4) is 5.75 Å². The summed E-state index contributed by atoms with van der Waals surface area (Å²) in [6.07, 6.45) is 1.19. The van der Waals surface area contributed by atoms with Gasteiger partial charge in [0.05, 0.1) is 12.8 Å². The molecule has 1 aliphatic rings. The molecule has 9 heteroatoms. The van der Waals surface area contributed by atoms with E-state index in [1.165, 1.54) is 12.0 Å². The summed E-state index contributed by atoms with van der Waals surface area (Å²) in [6, 6.07) is 4.51. The summed E-state index contributed by atoms with van der Waals surface area (Å²) in [5, 5.41) is 5.01. The maximum atomic E-state index is 11.9. The lowest BCUT2D eigenvalue weighted by Crippen LogP contribution is -2.49. The number of urea groups is 1. The molecule has 0 saturated carbocycles. The average molecular weight is 357 g/mol. The smallest absolute Gasteiger partial charge is 0.328 e. The van der Waals surface area contributed by atoms with Crippen LogP contribution in [-0.4, -0.2) is 38.0 Å². The van der Waals surface area contributed by atoms with Gasteiger partial charge < -0.3 is 15.8 Å². The molecule has 4 amide bonds. The van der Waals surface area contributed by atoms with Gasteiger partial charge in [-0.3, -0.25) is 19.8 Å². The monoisotopic (exact) mass is 356 g/mol. The number of hydrogen-bond donors (Lipinski definition) is 3. The highest BCUT2D eigenvalue weighted by atomic mass is 35.5. The number of nitrogens with two attached hydrogens (primary N) is 1. The summed E-state index contributed by atoms with van der Waals surface area (Å²) in [6.45, 7) is 0.738. The second-order valence-corrected chi connectivity index (χ2v) is 5.08. The van der Waals surface area contributed by atoms with Crippen molar-refractivity contribution >= 4 is 41.6 Å². The topological polar surface area (TPSA) is 114 Å². The summed E-state index contributed by atoms with van der Waals surface area (Å²) in [7, 11) is 1.48. The molecule has 1 fully saturated rings. The van der Waals surface area contributed by atoms with Gasteiger partial charge in [0.2, 0.25) is 11.8 Å². The van der Waals surface area contributed by atoms with Crippen LogP contribution < -0.4 is 26.0 Å². The second-order valence-electron chi connectivity index (χ2n) is 5.08. The number of hydrogen-bond acceptors (Lipinski definition) is 5. The average Bonchev–Trinajstić information content (AvgIpc) is 2.53. The number of nitrogens with one attached hydrogen (secondary N) is 2. The molecule has 0 radical (unpaired) electrons. The second kappa shape index (κ2) is 9.09. The number of ether oxygens (including phenoxy) is 1. The zero-order valence-corrected chi connectivity index (χ0v) is 14.1. The Bertz CT molecular complexity index is 623. The van der Waals surface area contributed by atoms with E-state index < -0.39 is 6.03 Å². The van der Waals surface area contributed by atoms with E-state index in [2.05, 4.69) is 10.6 Å². The predicted molar refractivity (Wildman–Crippen MR) is 92.7 cm³/mol. The molecule has 1 aromatic rings. The first-order chi connectivity index (χ1) is 11.0. The molecule has 8 nitrogen and oxygen atoms in total. The molecule has 24 heavy (non-hydrogen) atoms. The quantitative estimate of drug-likeness (QED) is 0.709. The first-order valence-electron chi connectivity index (χ1n) is 7.34. The Balaban J connectivity index is 0.00000288. The SMILES string of the molecule is COc1cc(NC(=O)CCCN)ccc1N1CCC(=O)NC1=O.Cl. The van der Waals surface area contributed by atoms with Crippen LogP contribution in [0.4, 0.5) is 16.2 Å². The van der Waals surface area contributed by atoms with Gasteiger partial charge in [0.1, 0.15) is 5.75 Å². The molecule has 0 atom stereocenters. The van der Waals surface area contributed by atoms with E-state index in [1.54, 1.807) is 18.2 Å². The number of halogens is 1. The van der Waals surface area contributed by atoms with Gasteiger partial charge in [-0.15, -0.1) is 12.4 Å². The first kappa shape index (κ1) is 19.7. The third-order valence-electron chi connectivity index (χ3n) is 3.42. The predicted octanol–water partition coefficient (Wildman–Crippen LogP) is 1.24. The van der Waals surface area contributed by atoms with Crippen molar-refractivity contribution < 1.29 is 19.1 Å². The van der Waals surface area contributed by atoms with Crippen molar-refractivity contribution in [1.29, 1.82) is 0 Å². The Morgan fingerprint density at radius 1 is 1.42 bits per heavy atom. The third-order valence-corrected chi connectivity index (χ3v) is 3.42. The van der Waals surface area contributed by atoms with E-state index in [-0.39, 0.29) is 37.2 Å². The number of anilines is 2. The van der Waals surface area contributed by atoms with Crippen molar-refractivity contribution in [1.82, 2.24) is 5.32 Å². The highest BCUT2D eigenvalue weighted by molar-refractivity contribution is 6.06. The van der Waals surface area contributed by atoms with Gasteiger partial charge in [-0.2, -0.15) is 0 Å². The van der Waals surface area contributed by atoms with Crippen molar-refractivity contribution in [3.63, 3.8) is 0 Å². The summed E-state index contributed by atoms with van der Waals surface area (Å²) in [4.78, 5) is 36.3. The van der Waals surface area contributed by atoms with Gasteiger partial charge in [0.15, 0.2) is 0 Å². The van der Waals surface area contributed by atoms with Gasteiger partial charge in [0.25, 0.3) is 0 Å². The zero-order chi connectivity index (χ0) is 16.8. The number of carbonyl (C=O) groups is 3. The van der Waals surface area contributed by atoms with Crippen LogP contribution in [0.5, 0.6) is 5.75 Å². The van der Waals surface area contributed by atoms with E-state index in [9.17, 15) is 14.4 Å². The lowest BCUT2D eigenvalue weighted by atomic mass is 10.2. The lowest BCUT2D eigenvalue weighted by molar-refractivity contribution is -0.120. The van der Waals surface area contributed by atoms with Gasteiger partial charge in [-0.25, -0.2) is 4.79 Å². The minimum atomic E-state index is -0.487. The fourth-order valence-corrected chi connectivity index (χ4v) is 2.26. The zero-order valence-electron chi connectivity index (χ0n) is 13.3. The fraction of sp³-hybridized carbons (Fsp3) is 0.400. The summed E-state index contributed by atoms with van der Waals surface area (Å²) in [5.74, 6) is 0.00620. The molecular formula is C15H21ClN4O4. The standard InChI is InChI=1S/C15H20N4O4.ClH/c1-23-12-9-10(17-13(20)3-2-7-16)4-5-11(12)19-8-6-14(21)18-15(19)22;/h4-5,9H,2-3,6-8,16H2,1H3,(H,17,20)(H,18,21,22);1H. The van der Waals surface area contributed by atoms with E-state index in [0.29, 0.717) is 36.5 Å². The molecular weight excluding hydrogens is 336 g/mol. The number of rotatable bonds is 6. The van der Waals surface area contributed by atoms with Gasteiger partial charge in [-0.1, -0.05) is 0 Å². The van der Waals surface area contributed by atoms with Crippen LogP contribution in [0.1, 0.15) is 19.3 Å². The number of nitrogens with zero attached hydrogens (tertiary/aromatic N) is 1. The fourth-order valence-electron chi connectivity index (χ4n) is 2.26. The van der Waals surface area contributed by atoms with Gasteiger partial charge >= 0.3 is 6.03 Å². The summed E-state index contributed by atoms with van der Waals surface area (Å²) in [5.41, 5.74) is 6.48. The van der Waals surface area contributed by atoms with Gasteiger partial charge in [0, 0.05) is 31.1 Å². The van der Waals surface area contributed by atoms with Crippen LogP contribution in [0.25, 0.3) is 0 Å². The molecule has 0 spiro atoms. The molecule has 0 unspecified atom stereocenters. The minimum absolute atomic E-state index is 0. The van der Waals surface area contributed by atoms with Crippen molar-refractivity contribution in [2.24, 2.45) is 5.73 Å². The van der Waals surface area contributed by atoms with Crippen LogP contribution in [0, 0.1) is 0 Å². The summed E-state index contributed by atoms with van der Waals surface area (Å²) >= 11 is 0. The first-order valence-corrected chi connectivity index (χ1v) is 7.34. The van der Waals surface area contributed by atoms with Crippen molar-refractivity contribution in [3.05, 3.63) is 18.2 Å². The van der Waals surface area contributed by atoms with Crippen LogP contribution in [0.2, 0.25) is 0 Å². The highest BCUT2D eigenvalue weighted by Crippen LogP contribution is 2.32. The Morgan fingerprint density at radius 2 is 2.17 bits per heavy atom. The Labute approximate surface area is 146 Å². The summed E-state index contributed by atoms with van der Waals surface area (Å²) < 4.78 is 5.30. The van der Waals surface area contributed by atoms with E-state index in [0.717, 1.165) is 0 Å². The van der Waals surface area contributed by atoms with Crippen LogP contribution in [0.3, 0.4) is 0 Å². The van der Waals surface area contributed by atoms with Gasteiger partial charge in [-0.05, 0) is 25.1 Å². The van der Waals surface area contributed by atoms with Crippen molar-refractivity contribution in [2.45, 2.75) is 19.3 Å². The molecule has 2 rings (SSSR count). The molecule has 0 bridgehead atoms. The Hall–Kier alpha value is -2.32. The normalized spacial score (nSPS) is 13.8. The Morgan fingerprint density at radius 3 is 2.79 bits per heavy atom. The van der Waals surface area contributed by atoms with Crippen LogP contribution in [-0.2, 0) is 9.59 Å². The minimum Gasteiger partial charge on any atom is -0.494 e. The molecule has 132 valence electrons. The molecule has 0 aromatic heterocycles. The number of carbonyl (C=O) groups excluding carboxylic acids is 3. The highest BCUT2D eigenvalue weighted by Gasteiger charge is 2.26. The largest absolute Gasteiger partial charge is 0.494 e.